The van der Waals surface area contributed by atoms with E-state index in [0.29, 0.717) is 0 Å². The Kier molecular flexibility index (Phi) is 11.8. The third-order valence-electron chi connectivity index (χ3n) is 6.46. The predicted octanol–water partition coefficient (Wildman–Crippen LogP) is 7.96. The Morgan fingerprint density at radius 3 is 2.32 bits per heavy atom. The standard InChI is InChI=1S/C25H26N2O2.C4H10OS.C2H4/c1-14-5-7-17(8-6-14)23-16(3)24-20-10-9-19(26)11-18(20)13-27-25(24)15(2)21(23)12-22(28)29-4;1-2-3-4-6-5;1-2/h5-11,27H,12-13,26H2,1-4H3;5H,2-4H2,1H3;1-2H2. The van der Waals surface area contributed by atoms with E-state index in [2.05, 4.69) is 76.5 Å². The van der Waals surface area contributed by atoms with Crippen LogP contribution in [0, 0.1) is 20.8 Å². The van der Waals surface area contributed by atoms with Crippen molar-refractivity contribution in [1.29, 1.82) is 0 Å². The number of nitrogen functional groups attached to an aromatic ring is 1. The Hall–Kier alpha value is -3.22. The fraction of sp³-hybridized carbons (Fsp3) is 0.323. The molecule has 4 N–H and O–H groups in total. The number of anilines is 2. The van der Waals surface area contributed by atoms with Crippen molar-refractivity contribution in [1.82, 2.24) is 0 Å². The number of rotatable bonds is 6. The molecule has 1 aliphatic heterocycles. The van der Waals surface area contributed by atoms with Crippen molar-refractivity contribution in [2.75, 3.05) is 23.9 Å². The Morgan fingerprint density at radius 1 is 1.08 bits per heavy atom. The lowest BCUT2D eigenvalue weighted by molar-refractivity contribution is -0.139. The lowest BCUT2D eigenvalue weighted by Crippen LogP contribution is -2.16. The van der Waals surface area contributed by atoms with E-state index in [9.17, 15) is 4.79 Å². The second-order valence-corrected chi connectivity index (χ2v) is 9.60. The number of carbonyl (C=O) groups excluding carboxylic acids is 1. The van der Waals surface area contributed by atoms with Gasteiger partial charge in [-0.1, -0.05) is 49.2 Å². The van der Waals surface area contributed by atoms with Crippen molar-refractivity contribution in [2.45, 2.75) is 53.5 Å². The third kappa shape index (κ3) is 7.18. The largest absolute Gasteiger partial charge is 0.469 e. The average Bonchev–Trinajstić information content (AvgIpc) is 2.92. The van der Waals surface area contributed by atoms with Gasteiger partial charge < -0.3 is 20.3 Å². The second kappa shape index (κ2) is 14.5. The molecular formula is C31H40N2O3S. The summed E-state index contributed by atoms with van der Waals surface area (Å²) in [6, 6.07) is 14.6. The molecular weight excluding hydrogens is 480 g/mol. The summed E-state index contributed by atoms with van der Waals surface area (Å²) in [7, 11) is 1.44. The first-order valence-corrected chi connectivity index (χ1v) is 13.4. The first kappa shape index (κ1) is 30.0. The highest BCUT2D eigenvalue weighted by Crippen LogP contribution is 2.46. The summed E-state index contributed by atoms with van der Waals surface area (Å²) in [5, 5.41) is 3.57. The molecule has 0 bridgehead atoms. The van der Waals surface area contributed by atoms with Crippen LogP contribution in [0.5, 0.6) is 0 Å². The van der Waals surface area contributed by atoms with Crippen molar-refractivity contribution in [3.8, 4) is 22.3 Å². The van der Waals surface area contributed by atoms with Crippen LogP contribution in [0.2, 0.25) is 0 Å². The van der Waals surface area contributed by atoms with E-state index in [1.165, 1.54) is 35.8 Å². The quantitative estimate of drug-likeness (QED) is 0.100. The minimum atomic E-state index is -0.232. The number of carbonyl (C=O) groups is 1. The van der Waals surface area contributed by atoms with Gasteiger partial charge in [0, 0.05) is 29.2 Å². The fourth-order valence-corrected chi connectivity index (χ4v) is 4.98. The number of fused-ring (bicyclic) bond motifs is 3. The van der Waals surface area contributed by atoms with Gasteiger partial charge in [0.1, 0.15) is 0 Å². The number of benzene rings is 3. The molecule has 1 heterocycles. The van der Waals surface area contributed by atoms with Crippen molar-refractivity contribution in [2.24, 2.45) is 0 Å². The molecule has 0 atom stereocenters. The third-order valence-corrected chi connectivity index (χ3v) is 6.93. The summed E-state index contributed by atoms with van der Waals surface area (Å²) < 4.78 is 13.1. The second-order valence-electron chi connectivity index (χ2n) is 8.93. The van der Waals surface area contributed by atoms with Crippen molar-refractivity contribution in [3.05, 3.63) is 83.4 Å². The first-order valence-electron chi connectivity index (χ1n) is 12.5. The van der Waals surface area contributed by atoms with E-state index < -0.39 is 0 Å². The highest BCUT2D eigenvalue weighted by atomic mass is 32.2. The van der Waals surface area contributed by atoms with E-state index >= 15 is 0 Å². The molecule has 0 radical (unpaired) electrons. The lowest BCUT2D eigenvalue weighted by Gasteiger charge is -2.29. The number of esters is 1. The molecule has 1 aliphatic rings. The molecule has 0 amide bonds. The summed E-state index contributed by atoms with van der Waals surface area (Å²) >= 11 is 0.926. The van der Waals surface area contributed by atoms with Crippen LogP contribution in [0.4, 0.5) is 11.4 Å². The molecule has 6 heteroatoms. The minimum absolute atomic E-state index is 0.232. The van der Waals surface area contributed by atoms with E-state index in [0.717, 1.165) is 70.0 Å². The van der Waals surface area contributed by atoms with Crippen LogP contribution in [0.3, 0.4) is 0 Å². The maximum Gasteiger partial charge on any atom is 0.310 e. The Balaban J connectivity index is 0.000000531. The Labute approximate surface area is 226 Å². The normalized spacial score (nSPS) is 11.0. The molecule has 0 aromatic heterocycles. The molecule has 0 aliphatic carbocycles. The minimum Gasteiger partial charge on any atom is -0.469 e. The number of hydrogen-bond donors (Lipinski definition) is 3. The number of hydrogen-bond acceptors (Lipinski definition) is 6. The smallest absolute Gasteiger partial charge is 0.310 e. The summed E-state index contributed by atoms with van der Waals surface area (Å²) in [5.41, 5.74) is 18.2. The molecule has 4 rings (SSSR count). The highest BCUT2D eigenvalue weighted by molar-refractivity contribution is 7.93. The SMILES string of the molecule is C=C.CCCCSO.COC(=O)Cc1c(C)c2c(c(C)c1-c1ccc(C)cc1)-c1ccc(N)cc1CN2. The van der Waals surface area contributed by atoms with Crippen LogP contribution in [-0.4, -0.2) is 23.4 Å². The van der Waals surface area contributed by atoms with Crippen LogP contribution in [0.15, 0.2) is 55.6 Å². The summed E-state index contributed by atoms with van der Waals surface area (Å²) in [6.07, 6.45) is 2.55. The zero-order valence-corrected chi connectivity index (χ0v) is 23.6. The van der Waals surface area contributed by atoms with Crippen molar-refractivity contribution in [3.63, 3.8) is 0 Å². The zero-order chi connectivity index (χ0) is 27.5. The van der Waals surface area contributed by atoms with Gasteiger partial charge >= 0.3 is 5.97 Å². The average molecular weight is 521 g/mol. The lowest BCUT2D eigenvalue weighted by atomic mass is 9.81. The predicted molar refractivity (Wildman–Crippen MR) is 160 cm³/mol. The van der Waals surface area contributed by atoms with Gasteiger partial charge in [-0.25, -0.2) is 0 Å². The fourth-order valence-electron chi connectivity index (χ4n) is 4.57. The van der Waals surface area contributed by atoms with Gasteiger partial charge in [0.2, 0.25) is 0 Å². The van der Waals surface area contributed by atoms with E-state index in [1.807, 2.05) is 12.1 Å². The van der Waals surface area contributed by atoms with Crippen LogP contribution < -0.4 is 11.1 Å². The van der Waals surface area contributed by atoms with Crippen LogP contribution in [0.1, 0.15) is 47.6 Å². The first-order chi connectivity index (χ1) is 17.8. The zero-order valence-electron chi connectivity index (χ0n) is 22.7. The van der Waals surface area contributed by atoms with Gasteiger partial charge in [0.05, 0.1) is 13.5 Å². The molecule has 0 unspecified atom stereocenters. The summed E-state index contributed by atoms with van der Waals surface area (Å²) in [6.45, 7) is 15.1. The number of nitrogens with two attached hydrogens (primary N) is 1. The Morgan fingerprint density at radius 2 is 1.76 bits per heavy atom. The maximum atomic E-state index is 12.2. The molecule has 5 nitrogen and oxygen atoms in total. The summed E-state index contributed by atoms with van der Waals surface area (Å²) in [5.74, 6) is 0.654. The molecule has 0 saturated carbocycles. The molecule has 0 saturated heterocycles. The summed E-state index contributed by atoms with van der Waals surface area (Å²) in [4.78, 5) is 12.2. The number of ether oxygens (including phenoxy) is 1. The number of unbranched alkanes of at least 4 members (excludes halogenated alkanes) is 1. The Bertz CT molecular complexity index is 1200. The van der Waals surface area contributed by atoms with E-state index in [-0.39, 0.29) is 12.4 Å². The van der Waals surface area contributed by atoms with Crippen LogP contribution in [0.25, 0.3) is 22.3 Å². The van der Waals surface area contributed by atoms with Crippen molar-refractivity contribution < 1.29 is 14.1 Å². The highest BCUT2D eigenvalue weighted by Gasteiger charge is 2.26. The molecule has 37 heavy (non-hydrogen) atoms. The number of nitrogens with one attached hydrogen (secondary N) is 1. The molecule has 0 fully saturated rings. The van der Waals surface area contributed by atoms with Crippen LogP contribution >= 0.6 is 12.0 Å². The molecule has 0 spiro atoms. The van der Waals surface area contributed by atoms with Gasteiger partial charge in [0.25, 0.3) is 0 Å². The van der Waals surface area contributed by atoms with Gasteiger partial charge in [-0.3, -0.25) is 4.79 Å². The van der Waals surface area contributed by atoms with Gasteiger partial charge in [-0.05, 0) is 90.3 Å². The topological polar surface area (TPSA) is 84.6 Å². The molecule has 198 valence electrons. The molecule has 3 aromatic carbocycles. The molecule has 3 aromatic rings. The van der Waals surface area contributed by atoms with E-state index in [1.54, 1.807) is 0 Å². The number of aryl methyl sites for hydroxylation is 1. The van der Waals surface area contributed by atoms with Crippen molar-refractivity contribution >= 4 is 29.4 Å². The maximum absolute atomic E-state index is 12.2. The van der Waals surface area contributed by atoms with Gasteiger partial charge in [-0.2, -0.15) is 0 Å². The van der Waals surface area contributed by atoms with Gasteiger partial charge in [-0.15, -0.1) is 13.2 Å². The van der Waals surface area contributed by atoms with E-state index in [4.69, 9.17) is 15.0 Å². The number of methoxy groups -OCH3 is 1. The van der Waals surface area contributed by atoms with Gasteiger partial charge in [0.15, 0.2) is 0 Å². The van der Waals surface area contributed by atoms with Crippen LogP contribution in [-0.2, 0) is 22.5 Å². The monoisotopic (exact) mass is 520 g/mol.